The highest BCUT2D eigenvalue weighted by Crippen LogP contribution is 2.40. The number of carbonyl (C=O) groups excluding carboxylic acids is 1. The predicted octanol–water partition coefficient (Wildman–Crippen LogP) is 2.28. The Morgan fingerprint density at radius 2 is 1.65 bits per heavy atom. The first-order chi connectivity index (χ1) is 12.6. The van der Waals surface area contributed by atoms with Crippen LogP contribution >= 0.6 is 0 Å². The lowest BCUT2D eigenvalue weighted by Gasteiger charge is -2.20. The van der Waals surface area contributed by atoms with E-state index in [9.17, 15) is 4.79 Å². The lowest BCUT2D eigenvalue weighted by molar-refractivity contribution is 0.0785. The van der Waals surface area contributed by atoms with E-state index in [0.29, 0.717) is 35.9 Å². The van der Waals surface area contributed by atoms with Gasteiger partial charge in [-0.1, -0.05) is 30.3 Å². The topological polar surface area (TPSA) is 74.0 Å². The van der Waals surface area contributed by atoms with Crippen LogP contribution in [-0.4, -0.2) is 51.3 Å². The Labute approximate surface area is 153 Å². The lowest BCUT2D eigenvalue weighted by atomic mass is 9.95. The van der Waals surface area contributed by atoms with E-state index in [1.54, 1.807) is 24.1 Å². The van der Waals surface area contributed by atoms with E-state index in [1.165, 1.54) is 14.2 Å². The van der Waals surface area contributed by atoms with E-state index in [2.05, 4.69) is 12.1 Å². The molecule has 0 unspecified atom stereocenters. The number of benzene rings is 2. The van der Waals surface area contributed by atoms with Gasteiger partial charge < -0.3 is 24.8 Å². The second kappa shape index (κ2) is 7.66. The Morgan fingerprint density at radius 1 is 0.962 bits per heavy atom. The number of hydrogen-bond acceptors (Lipinski definition) is 5. The fraction of sp³-hybridized carbons (Fsp3) is 0.350. The molecule has 2 atom stereocenters. The van der Waals surface area contributed by atoms with E-state index in [-0.39, 0.29) is 17.9 Å². The van der Waals surface area contributed by atoms with Crippen molar-refractivity contribution in [1.29, 1.82) is 0 Å². The van der Waals surface area contributed by atoms with Gasteiger partial charge in [0.25, 0.3) is 5.91 Å². The second-order valence-electron chi connectivity index (χ2n) is 6.27. The summed E-state index contributed by atoms with van der Waals surface area (Å²) in [6, 6.07) is 13.4. The molecule has 3 rings (SSSR count). The third kappa shape index (κ3) is 3.20. The largest absolute Gasteiger partial charge is 0.493 e. The number of amides is 1. The minimum atomic E-state index is -0.128. The van der Waals surface area contributed by atoms with Crippen molar-refractivity contribution >= 4 is 5.91 Å². The number of hydrogen-bond donors (Lipinski definition) is 1. The highest BCUT2D eigenvalue weighted by atomic mass is 16.5. The van der Waals surface area contributed by atoms with E-state index in [1.807, 2.05) is 18.2 Å². The normalized spacial score (nSPS) is 19.3. The van der Waals surface area contributed by atoms with Crippen molar-refractivity contribution < 1.29 is 19.0 Å². The van der Waals surface area contributed by atoms with Crippen molar-refractivity contribution in [1.82, 2.24) is 4.90 Å². The molecule has 2 aromatic carbocycles. The maximum Gasteiger partial charge on any atom is 0.257 e. The number of methoxy groups -OCH3 is 3. The van der Waals surface area contributed by atoms with Gasteiger partial charge in [0.2, 0.25) is 5.75 Å². The molecule has 26 heavy (non-hydrogen) atoms. The average Bonchev–Trinajstić information content (AvgIpc) is 3.08. The number of ether oxygens (including phenoxy) is 3. The van der Waals surface area contributed by atoms with Crippen molar-refractivity contribution in [3.63, 3.8) is 0 Å². The number of rotatable bonds is 5. The molecule has 6 nitrogen and oxygen atoms in total. The molecule has 0 aliphatic carbocycles. The lowest BCUT2D eigenvalue weighted by Crippen LogP contribution is -2.32. The summed E-state index contributed by atoms with van der Waals surface area (Å²) in [6.45, 7) is 1.07. The zero-order valence-corrected chi connectivity index (χ0v) is 15.3. The summed E-state index contributed by atoms with van der Waals surface area (Å²) in [5.74, 6) is 1.28. The van der Waals surface area contributed by atoms with Crippen molar-refractivity contribution in [2.45, 2.75) is 12.0 Å². The first kappa shape index (κ1) is 18.1. The summed E-state index contributed by atoms with van der Waals surface area (Å²) in [7, 11) is 4.57. The molecule has 1 heterocycles. The molecule has 1 amide bonds. The van der Waals surface area contributed by atoms with E-state index < -0.39 is 0 Å². The Hall–Kier alpha value is -2.73. The maximum absolute atomic E-state index is 13.1. The molecule has 1 aliphatic heterocycles. The SMILES string of the molecule is COc1ccc(C(=O)N2C[C@@H](N)[C@H](c3ccccc3)C2)c(OC)c1OC. The van der Waals surface area contributed by atoms with Crippen LogP contribution in [0.15, 0.2) is 42.5 Å². The number of carbonyl (C=O) groups is 1. The zero-order valence-electron chi connectivity index (χ0n) is 15.3. The standard InChI is InChI=1S/C20H24N2O4/c1-24-17-10-9-14(18(25-2)19(17)26-3)20(23)22-11-15(16(21)12-22)13-7-5-4-6-8-13/h4-10,15-16H,11-12,21H2,1-3H3/t15-,16+/m0/s1. The third-order valence-corrected chi connectivity index (χ3v) is 4.81. The van der Waals surface area contributed by atoms with E-state index >= 15 is 0 Å². The highest BCUT2D eigenvalue weighted by Gasteiger charge is 2.35. The highest BCUT2D eigenvalue weighted by molar-refractivity contribution is 5.98. The fourth-order valence-electron chi connectivity index (χ4n) is 3.49. The summed E-state index contributed by atoms with van der Waals surface area (Å²) in [5, 5.41) is 0. The van der Waals surface area contributed by atoms with Crippen LogP contribution in [0, 0.1) is 0 Å². The third-order valence-electron chi connectivity index (χ3n) is 4.81. The predicted molar refractivity (Wildman–Crippen MR) is 99.2 cm³/mol. The molecule has 0 bridgehead atoms. The molecule has 0 aromatic heterocycles. The van der Waals surface area contributed by atoms with Gasteiger partial charge in [-0.15, -0.1) is 0 Å². The van der Waals surface area contributed by atoms with Gasteiger partial charge in [0.1, 0.15) is 0 Å². The summed E-state index contributed by atoms with van der Waals surface area (Å²) in [6.07, 6.45) is 0. The molecular weight excluding hydrogens is 332 g/mol. The first-order valence-electron chi connectivity index (χ1n) is 8.49. The van der Waals surface area contributed by atoms with Crippen LogP contribution in [0.25, 0.3) is 0 Å². The molecule has 2 aromatic rings. The average molecular weight is 356 g/mol. The van der Waals surface area contributed by atoms with Gasteiger partial charge in [-0.05, 0) is 17.7 Å². The Morgan fingerprint density at radius 3 is 2.27 bits per heavy atom. The molecule has 1 fully saturated rings. The zero-order chi connectivity index (χ0) is 18.7. The summed E-state index contributed by atoms with van der Waals surface area (Å²) < 4.78 is 16.1. The van der Waals surface area contributed by atoms with Crippen LogP contribution in [-0.2, 0) is 0 Å². The van der Waals surface area contributed by atoms with Crippen molar-refractivity contribution in [3.05, 3.63) is 53.6 Å². The van der Waals surface area contributed by atoms with Gasteiger partial charge >= 0.3 is 0 Å². The summed E-state index contributed by atoms with van der Waals surface area (Å²) in [4.78, 5) is 14.9. The van der Waals surface area contributed by atoms with Crippen molar-refractivity contribution in [2.75, 3.05) is 34.4 Å². The van der Waals surface area contributed by atoms with E-state index in [4.69, 9.17) is 19.9 Å². The van der Waals surface area contributed by atoms with Crippen LogP contribution in [0.2, 0.25) is 0 Å². The van der Waals surface area contributed by atoms with Crippen molar-refractivity contribution in [3.8, 4) is 17.2 Å². The molecule has 138 valence electrons. The Balaban J connectivity index is 1.88. The molecular formula is C20H24N2O4. The van der Waals surface area contributed by atoms with Crippen LogP contribution < -0.4 is 19.9 Å². The monoisotopic (exact) mass is 356 g/mol. The van der Waals surface area contributed by atoms with Gasteiger partial charge in [-0.2, -0.15) is 0 Å². The number of nitrogens with zero attached hydrogens (tertiary/aromatic N) is 1. The Kier molecular flexibility index (Phi) is 5.32. The van der Waals surface area contributed by atoms with Crippen LogP contribution in [0.4, 0.5) is 0 Å². The molecule has 6 heteroatoms. The minimum absolute atomic E-state index is 0.104. The van der Waals surface area contributed by atoms with Gasteiger partial charge in [0, 0.05) is 25.0 Å². The molecule has 2 N–H and O–H groups in total. The van der Waals surface area contributed by atoms with Gasteiger partial charge in [-0.25, -0.2) is 0 Å². The second-order valence-corrected chi connectivity index (χ2v) is 6.27. The maximum atomic E-state index is 13.1. The smallest absolute Gasteiger partial charge is 0.257 e. The molecule has 1 saturated heterocycles. The van der Waals surface area contributed by atoms with Crippen molar-refractivity contribution in [2.24, 2.45) is 5.73 Å². The summed E-state index contributed by atoms with van der Waals surface area (Å²) >= 11 is 0. The first-order valence-corrected chi connectivity index (χ1v) is 8.49. The van der Waals surface area contributed by atoms with Gasteiger partial charge in [-0.3, -0.25) is 4.79 Å². The molecule has 0 saturated carbocycles. The van der Waals surface area contributed by atoms with Crippen LogP contribution in [0.3, 0.4) is 0 Å². The molecule has 1 aliphatic rings. The quantitative estimate of drug-likeness (QED) is 0.890. The summed E-state index contributed by atoms with van der Waals surface area (Å²) in [5.41, 5.74) is 7.90. The van der Waals surface area contributed by atoms with Crippen LogP contribution in [0.1, 0.15) is 21.8 Å². The fourth-order valence-corrected chi connectivity index (χ4v) is 3.49. The van der Waals surface area contributed by atoms with Crippen LogP contribution in [0.5, 0.6) is 17.2 Å². The van der Waals surface area contributed by atoms with Gasteiger partial charge in [0.15, 0.2) is 11.5 Å². The molecule has 0 radical (unpaired) electrons. The Bertz CT molecular complexity index is 779. The molecule has 0 spiro atoms. The number of nitrogens with two attached hydrogens (primary N) is 1. The van der Waals surface area contributed by atoms with E-state index in [0.717, 1.165) is 5.56 Å². The number of likely N-dealkylation sites (tertiary alicyclic amines) is 1. The minimum Gasteiger partial charge on any atom is -0.493 e. The van der Waals surface area contributed by atoms with Gasteiger partial charge in [0.05, 0.1) is 26.9 Å².